The first kappa shape index (κ1) is 12.3. The van der Waals surface area contributed by atoms with Gasteiger partial charge in [0.15, 0.2) is 6.79 Å². The van der Waals surface area contributed by atoms with Crippen molar-refractivity contribution in [3.05, 3.63) is 35.9 Å². The molecule has 0 heterocycles. The van der Waals surface area contributed by atoms with E-state index in [1.54, 1.807) is 25.3 Å². The summed E-state index contributed by atoms with van der Waals surface area (Å²) in [6.45, 7) is 0.220. The van der Waals surface area contributed by atoms with Gasteiger partial charge in [0.1, 0.15) is 5.75 Å². The number of methoxy groups -OCH3 is 2. The number of carbonyl (C=O) groups is 1. The molecule has 0 unspecified atom stereocenters. The minimum absolute atomic E-state index is 0.220. The second kappa shape index (κ2) is 6.63. The van der Waals surface area contributed by atoms with Crippen LogP contribution in [0, 0.1) is 0 Å². The van der Waals surface area contributed by atoms with Crippen LogP contribution in [0.3, 0.4) is 0 Å². The van der Waals surface area contributed by atoms with Gasteiger partial charge >= 0.3 is 5.97 Å². The summed E-state index contributed by atoms with van der Waals surface area (Å²) in [7, 11) is 2.90. The van der Waals surface area contributed by atoms with Crippen LogP contribution in [0.15, 0.2) is 30.3 Å². The van der Waals surface area contributed by atoms with Crippen LogP contribution in [0.2, 0.25) is 0 Å². The highest BCUT2D eigenvalue weighted by Gasteiger charge is 1.94. The maximum absolute atomic E-state index is 10.8. The lowest BCUT2D eigenvalue weighted by Crippen LogP contribution is -1.98. The van der Waals surface area contributed by atoms with E-state index >= 15 is 0 Å². The van der Waals surface area contributed by atoms with E-state index in [9.17, 15) is 4.79 Å². The number of hydrogen-bond donors (Lipinski definition) is 0. The van der Waals surface area contributed by atoms with Crippen molar-refractivity contribution in [2.75, 3.05) is 21.0 Å². The molecular formula is C12H14O4. The fourth-order valence-corrected chi connectivity index (χ4v) is 1.03. The highest BCUT2D eigenvalue weighted by molar-refractivity contribution is 5.86. The van der Waals surface area contributed by atoms with Gasteiger partial charge in [-0.3, -0.25) is 0 Å². The van der Waals surface area contributed by atoms with Gasteiger partial charge in [-0.25, -0.2) is 4.79 Å². The molecule has 0 saturated heterocycles. The van der Waals surface area contributed by atoms with Crippen LogP contribution >= 0.6 is 0 Å². The van der Waals surface area contributed by atoms with Gasteiger partial charge in [-0.15, -0.1) is 0 Å². The largest absolute Gasteiger partial charge is 0.468 e. The van der Waals surface area contributed by atoms with Crippen LogP contribution < -0.4 is 4.74 Å². The lowest BCUT2D eigenvalue weighted by atomic mass is 10.2. The summed E-state index contributed by atoms with van der Waals surface area (Å²) in [5.41, 5.74) is 0.898. The fraction of sp³-hybridized carbons (Fsp3) is 0.250. The quantitative estimate of drug-likeness (QED) is 0.433. The molecule has 0 aromatic heterocycles. The molecule has 0 aliphatic carbocycles. The molecule has 4 nitrogen and oxygen atoms in total. The molecule has 4 heteroatoms. The molecule has 0 amide bonds. The van der Waals surface area contributed by atoms with Crippen molar-refractivity contribution in [3.8, 4) is 5.75 Å². The van der Waals surface area contributed by atoms with E-state index in [1.807, 2.05) is 12.1 Å². The summed E-state index contributed by atoms with van der Waals surface area (Å²) in [6, 6.07) is 7.28. The molecule has 16 heavy (non-hydrogen) atoms. The monoisotopic (exact) mass is 222 g/mol. The van der Waals surface area contributed by atoms with Crippen molar-refractivity contribution in [2.24, 2.45) is 0 Å². The average molecular weight is 222 g/mol. The van der Waals surface area contributed by atoms with E-state index in [0.717, 1.165) is 11.3 Å². The summed E-state index contributed by atoms with van der Waals surface area (Å²) in [6.07, 6.45) is 3.04. The molecule has 0 spiro atoms. The van der Waals surface area contributed by atoms with Crippen LogP contribution in [-0.4, -0.2) is 27.0 Å². The maximum atomic E-state index is 10.8. The van der Waals surface area contributed by atoms with E-state index in [1.165, 1.54) is 13.2 Å². The van der Waals surface area contributed by atoms with E-state index in [4.69, 9.17) is 9.47 Å². The second-order valence-electron chi connectivity index (χ2n) is 2.98. The summed E-state index contributed by atoms with van der Waals surface area (Å²) in [5.74, 6) is 0.344. The molecule has 0 bridgehead atoms. The van der Waals surface area contributed by atoms with E-state index < -0.39 is 0 Å². The SMILES string of the molecule is COCOc1ccc(/C=C/C(=O)OC)cc1. The molecule has 0 saturated carbocycles. The number of benzene rings is 1. The Labute approximate surface area is 94.4 Å². The molecule has 1 rings (SSSR count). The molecule has 0 fully saturated rings. The van der Waals surface area contributed by atoms with Gasteiger partial charge in [0.2, 0.25) is 0 Å². The van der Waals surface area contributed by atoms with Crippen LogP contribution in [0.5, 0.6) is 5.75 Å². The minimum atomic E-state index is -0.375. The first-order valence-corrected chi connectivity index (χ1v) is 4.74. The van der Waals surface area contributed by atoms with Crippen LogP contribution in [0.25, 0.3) is 6.08 Å². The average Bonchev–Trinajstić information content (AvgIpc) is 2.34. The van der Waals surface area contributed by atoms with Gasteiger partial charge in [-0.05, 0) is 23.8 Å². The number of carbonyl (C=O) groups excluding carboxylic acids is 1. The number of hydrogen-bond acceptors (Lipinski definition) is 4. The van der Waals surface area contributed by atoms with Crippen molar-refractivity contribution in [1.82, 2.24) is 0 Å². The molecule has 86 valence electrons. The van der Waals surface area contributed by atoms with E-state index in [0.29, 0.717) is 0 Å². The Bertz CT molecular complexity index is 354. The Hall–Kier alpha value is -1.81. The number of esters is 1. The zero-order chi connectivity index (χ0) is 11.8. The van der Waals surface area contributed by atoms with Crippen molar-refractivity contribution in [1.29, 1.82) is 0 Å². The van der Waals surface area contributed by atoms with Gasteiger partial charge < -0.3 is 14.2 Å². The van der Waals surface area contributed by atoms with E-state index in [-0.39, 0.29) is 12.8 Å². The maximum Gasteiger partial charge on any atom is 0.330 e. The number of rotatable bonds is 5. The Kier molecular flexibility index (Phi) is 5.08. The van der Waals surface area contributed by atoms with Gasteiger partial charge in [0.05, 0.1) is 7.11 Å². The highest BCUT2D eigenvalue weighted by Crippen LogP contribution is 2.13. The standard InChI is InChI=1S/C12H14O4/c1-14-9-16-11-6-3-10(4-7-11)5-8-12(13)15-2/h3-8H,9H2,1-2H3/b8-5+. The van der Waals surface area contributed by atoms with E-state index in [2.05, 4.69) is 4.74 Å². The molecule has 1 aromatic carbocycles. The highest BCUT2D eigenvalue weighted by atomic mass is 16.7. The Morgan fingerprint density at radius 2 is 1.94 bits per heavy atom. The third kappa shape index (κ3) is 4.14. The molecule has 0 N–H and O–H groups in total. The first-order valence-electron chi connectivity index (χ1n) is 4.74. The van der Waals surface area contributed by atoms with Gasteiger partial charge in [0, 0.05) is 13.2 Å². The second-order valence-corrected chi connectivity index (χ2v) is 2.98. The van der Waals surface area contributed by atoms with Gasteiger partial charge in [0.25, 0.3) is 0 Å². The van der Waals surface area contributed by atoms with Crippen LogP contribution in [0.1, 0.15) is 5.56 Å². The van der Waals surface area contributed by atoms with Crippen molar-refractivity contribution in [3.63, 3.8) is 0 Å². The zero-order valence-electron chi connectivity index (χ0n) is 9.30. The molecule has 0 aliphatic rings. The molecule has 0 radical (unpaired) electrons. The lowest BCUT2D eigenvalue weighted by Gasteiger charge is -2.03. The van der Waals surface area contributed by atoms with Gasteiger partial charge in [-0.2, -0.15) is 0 Å². The fourth-order valence-electron chi connectivity index (χ4n) is 1.03. The Balaban J connectivity index is 2.57. The predicted molar refractivity (Wildman–Crippen MR) is 60.0 cm³/mol. The third-order valence-corrected chi connectivity index (χ3v) is 1.84. The summed E-state index contributed by atoms with van der Waals surface area (Å²) in [5, 5.41) is 0. The number of ether oxygens (including phenoxy) is 3. The normalized spacial score (nSPS) is 10.4. The predicted octanol–water partition coefficient (Wildman–Crippen LogP) is 1.86. The zero-order valence-corrected chi connectivity index (χ0v) is 9.30. The van der Waals surface area contributed by atoms with Crippen molar-refractivity contribution >= 4 is 12.0 Å². The topological polar surface area (TPSA) is 44.8 Å². The molecule has 0 atom stereocenters. The van der Waals surface area contributed by atoms with Crippen LogP contribution in [-0.2, 0) is 14.3 Å². The Morgan fingerprint density at radius 3 is 2.50 bits per heavy atom. The van der Waals surface area contributed by atoms with Crippen LogP contribution in [0.4, 0.5) is 0 Å². The summed E-state index contributed by atoms with van der Waals surface area (Å²) < 4.78 is 14.5. The molecular weight excluding hydrogens is 208 g/mol. The first-order chi connectivity index (χ1) is 7.76. The summed E-state index contributed by atoms with van der Waals surface area (Å²) >= 11 is 0. The Morgan fingerprint density at radius 1 is 1.25 bits per heavy atom. The lowest BCUT2D eigenvalue weighted by molar-refractivity contribution is -0.134. The molecule has 1 aromatic rings. The van der Waals surface area contributed by atoms with Crippen molar-refractivity contribution < 1.29 is 19.0 Å². The van der Waals surface area contributed by atoms with Gasteiger partial charge in [-0.1, -0.05) is 12.1 Å². The smallest absolute Gasteiger partial charge is 0.330 e. The van der Waals surface area contributed by atoms with Crippen molar-refractivity contribution in [2.45, 2.75) is 0 Å². The molecule has 0 aliphatic heterocycles. The minimum Gasteiger partial charge on any atom is -0.468 e. The third-order valence-electron chi connectivity index (χ3n) is 1.84. The summed E-state index contributed by atoms with van der Waals surface area (Å²) in [4.78, 5) is 10.8.